The molecule has 0 unspecified atom stereocenters. The maximum absolute atomic E-state index is 14.7. The van der Waals surface area contributed by atoms with Gasteiger partial charge < -0.3 is 31.3 Å². The Balaban J connectivity index is 1.47. The number of sulfonamides is 1. The van der Waals surface area contributed by atoms with E-state index in [1.54, 1.807) is 60.7 Å². The predicted molar refractivity (Wildman–Crippen MR) is 327 cm³/mol. The molecule has 0 aromatic heterocycles. The molecule has 0 spiro atoms. The summed E-state index contributed by atoms with van der Waals surface area (Å²) in [7, 11) is -1.44. The van der Waals surface area contributed by atoms with Crippen LogP contribution in [-0.4, -0.2) is 139 Å². The lowest BCUT2D eigenvalue weighted by atomic mass is 9.76. The summed E-state index contributed by atoms with van der Waals surface area (Å²) in [5, 5.41) is 8.38. The van der Waals surface area contributed by atoms with Crippen LogP contribution in [0.15, 0.2) is 83.3 Å². The molecule has 9 amide bonds. The number of nitrogens with zero attached hydrogens (tertiary/aromatic N) is 3. The van der Waals surface area contributed by atoms with Gasteiger partial charge in [0, 0.05) is 80.9 Å². The van der Waals surface area contributed by atoms with Gasteiger partial charge in [0.05, 0.1) is 17.0 Å². The summed E-state index contributed by atoms with van der Waals surface area (Å²) in [5.41, 5.74) is 3.31. The van der Waals surface area contributed by atoms with Crippen LogP contribution >= 0.6 is 0 Å². The zero-order valence-corrected chi connectivity index (χ0v) is 53.9. The highest BCUT2D eigenvalue weighted by Crippen LogP contribution is 2.51. The minimum Gasteiger partial charge on any atom is -0.444 e. The molecular weight excluding hydrogens is 1120 g/mol. The van der Waals surface area contributed by atoms with E-state index in [9.17, 15) is 56.4 Å². The standard InChI is InChI=1S/C64H94N8O13S/c1-40(2)47(38-45(73)25-20-17-21-36-72-51(75)31-32-52(72)76)56(78)67-48(26-22-35-66-59(65)81)50(74)39-64(33-34-64)44-27-29-46(30-28-44)86(83,84)69-55(77)42(5)37-49(41(3)4)70(14)58(80)53(61(6,7)8)68-57(79)54(71(15)60(82)85-62(9,10)11)63(12,13)43-23-18-16-19-24-43/h16,18-19,23-24,27-32,37,40-41,47-49,53-54H,17,20-22,25-26,33-36,38-39H2,1-15H3,(H,67,78)(H,68,79)(H,69,77)(H3,65,66,81)/b42-37+/t47-,48-,49+,53+,54+/m0/s1. The lowest BCUT2D eigenvalue weighted by molar-refractivity contribution is -0.142. The van der Waals surface area contributed by atoms with Crippen LogP contribution in [0, 0.1) is 23.2 Å². The Morgan fingerprint density at radius 2 is 1.36 bits per heavy atom. The lowest BCUT2D eigenvalue weighted by Crippen LogP contribution is -2.63. The van der Waals surface area contributed by atoms with Crippen LogP contribution in [0.3, 0.4) is 0 Å². The van der Waals surface area contributed by atoms with Crippen molar-refractivity contribution in [3.63, 3.8) is 0 Å². The van der Waals surface area contributed by atoms with Gasteiger partial charge in [0.15, 0.2) is 5.78 Å². The molecule has 6 N–H and O–H groups in total. The number of rotatable bonds is 31. The zero-order chi connectivity index (χ0) is 64.9. The van der Waals surface area contributed by atoms with Gasteiger partial charge >= 0.3 is 12.1 Å². The molecule has 2 aromatic carbocycles. The van der Waals surface area contributed by atoms with Gasteiger partial charge in [-0.3, -0.25) is 48.2 Å². The van der Waals surface area contributed by atoms with Gasteiger partial charge in [-0.15, -0.1) is 0 Å². The molecule has 5 atom stereocenters. The number of carbonyl (C=O) groups excluding carboxylic acids is 10. The van der Waals surface area contributed by atoms with Crippen LogP contribution in [-0.2, 0) is 63.9 Å². The number of amides is 9. The van der Waals surface area contributed by atoms with E-state index in [0.717, 1.165) is 10.5 Å². The maximum Gasteiger partial charge on any atom is 0.410 e. The Morgan fingerprint density at radius 1 is 0.767 bits per heavy atom. The summed E-state index contributed by atoms with van der Waals surface area (Å²) in [5.74, 6) is -4.96. The van der Waals surface area contributed by atoms with Gasteiger partial charge in [0.1, 0.15) is 23.5 Å². The number of unbranched alkanes of at least 4 members (excludes halogenated alkanes) is 2. The second kappa shape index (κ2) is 29.9. The topological polar surface area (TPSA) is 298 Å². The predicted octanol–water partition coefficient (Wildman–Crippen LogP) is 7.31. The largest absolute Gasteiger partial charge is 0.444 e. The number of nitrogens with one attached hydrogen (secondary N) is 4. The van der Waals surface area contributed by atoms with E-state index in [0.29, 0.717) is 44.1 Å². The van der Waals surface area contributed by atoms with Crippen molar-refractivity contribution >= 4 is 69.2 Å². The fourth-order valence-corrected chi connectivity index (χ4v) is 11.7. The number of hydrogen-bond donors (Lipinski definition) is 5. The van der Waals surface area contributed by atoms with Gasteiger partial charge in [-0.05, 0) is 107 Å². The van der Waals surface area contributed by atoms with Crippen LogP contribution in [0.5, 0.6) is 0 Å². The third kappa shape index (κ3) is 19.9. The van der Waals surface area contributed by atoms with Gasteiger partial charge in [0.2, 0.25) is 17.7 Å². The zero-order valence-electron chi connectivity index (χ0n) is 53.1. The van der Waals surface area contributed by atoms with Crippen molar-refractivity contribution in [1.29, 1.82) is 0 Å². The van der Waals surface area contributed by atoms with E-state index in [2.05, 4.69) is 20.7 Å². The number of ether oxygens (including phenoxy) is 1. The lowest BCUT2D eigenvalue weighted by Gasteiger charge is -2.42. The van der Waals surface area contributed by atoms with Crippen molar-refractivity contribution in [1.82, 2.24) is 35.4 Å². The molecule has 1 aliphatic carbocycles. The van der Waals surface area contributed by atoms with Crippen molar-refractivity contribution in [3.8, 4) is 0 Å². The Kier molecular flexibility index (Phi) is 24.8. The second-order valence-corrected chi connectivity index (χ2v) is 28.0. The normalized spacial score (nSPS) is 16.2. The van der Waals surface area contributed by atoms with Crippen molar-refractivity contribution in [2.24, 2.45) is 28.9 Å². The summed E-state index contributed by atoms with van der Waals surface area (Å²) in [4.78, 5) is 137. The van der Waals surface area contributed by atoms with E-state index < -0.39 is 97.7 Å². The maximum atomic E-state index is 14.7. The Labute approximate surface area is 508 Å². The van der Waals surface area contributed by atoms with E-state index in [1.807, 2.05) is 71.9 Å². The number of benzene rings is 2. The van der Waals surface area contributed by atoms with E-state index in [4.69, 9.17) is 10.5 Å². The highest BCUT2D eigenvalue weighted by atomic mass is 32.2. The molecule has 1 fully saturated rings. The first-order valence-electron chi connectivity index (χ1n) is 29.7. The van der Waals surface area contributed by atoms with E-state index in [-0.39, 0.29) is 84.5 Å². The Morgan fingerprint density at radius 3 is 1.88 bits per heavy atom. The average Bonchev–Trinajstić information content (AvgIpc) is 1.62. The molecule has 0 saturated heterocycles. The fraction of sp³-hybridized carbons (Fsp3) is 0.594. The smallest absolute Gasteiger partial charge is 0.410 e. The molecule has 1 saturated carbocycles. The third-order valence-corrected chi connectivity index (χ3v) is 17.4. The molecule has 22 heteroatoms. The van der Waals surface area contributed by atoms with Crippen molar-refractivity contribution < 1.29 is 61.1 Å². The molecule has 0 radical (unpaired) electrons. The first-order chi connectivity index (χ1) is 39.8. The van der Waals surface area contributed by atoms with E-state index in [1.165, 1.54) is 54.1 Å². The summed E-state index contributed by atoms with van der Waals surface area (Å²) >= 11 is 0. The van der Waals surface area contributed by atoms with Crippen LogP contribution in [0.25, 0.3) is 0 Å². The number of nitrogens with two attached hydrogens (primary N) is 1. The molecule has 474 valence electrons. The van der Waals surface area contributed by atoms with Crippen LogP contribution in [0.2, 0.25) is 0 Å². The number of ketones is 2. The monoisotopic (exact) mass is 1210 g/mol. The number of carbonyl (C=O) groups is 10. The Bertz CT molecular complexity index is 2960. The molecule has 21 nitrogen and oxygen atoms in total. The number of likely N-dealkylation sites (N-methyl/N-ethyl adjacent to an activating group) is 2. The van der Waals surface area contributed by atoms with Crippen LogP contribution in [0.4, 0.5) is 9.59 Å². The summed E-state index contributed by atoms with van der Waals surface area (Å²) in [6.45, 7) is 23.4. The molecule has 1 heterocycles. The highest BCUT2D eigenvalue weighted by Gasteiger charge is 2.48. The van der Waals surface area contributed by atoms with Gasteiger partial charge in [-0.1, -0.05) is 117 Å². The number of primary amides is 1. The van der Waals surface area contributed by atoms with Crippen LogP contribution < -0.4 is 26.4 Å². The first-order valence-corrected chi connectivity index (χ1v) is 31.2. The summed E-state index contributed by atoms with van der Waals surface area (Å²) in [6, 6.07) is 10.3. The number of hydrogen-bond acceptors (Lipinski definition) is 13. The van der Waals surface area contributed by atoms with Gasteiger partial charge in [0.25, 0.3) is 27.7 Å². The van der Waals surface area contributed by atoms with Gasteiger partial charge in [-0.25, -0.2) is 22.7 Å². The van der Waals surface area contributed by atoms with E-state index >= 15 is 0 Å². The number of imide groups is 1. The third-order valence-electron chi connectivity index (χ3n) is 16.0. The summed E-state index contributed by atoms with van der Waals surface area (Å²) in [6.07, 6.45) is 6.64. The quantitative estimate of drug-likeness (QED) is 0.0281. The van der Waals surface area contributed by atoms with Crippen molar-refractivity contribution in [2.75, 3.05) is 27.2 Å². The van der Waals surface area contributed by atoms with Crippen LogP contribution in [0.1, 0.15) is 165 Å². The van der Waals surface area contributed by atoms with Gasteiger partial charge in [-0.2, -0.15) is 0 Å². The highest BCUT2D eigenvalue weighted by molar-refractivity contribution is 7.90. The minimum atomic E-state index is -4.47. The fourth-order valence-electron chi connectivity index (χ4n) is 10.7. The molecule has 1 aliphatic heterocycles. The average molecular weight is 1220 g/mol. The summed E-state index contributed by atoms with van der Waals surface area (Å²) < 4.78 is 35.5. The molecular formula is C64H94N8O13S. The molecule has 4 rings (SSSR count). The minimum absolute atomic E-state index is 0.000781. The Hall–Kier alpha value is -7.23. The second-order valence-electron chi connectivity index (χ2n) is 26.4. The first kappa shape index (κ1) is 71.3. The SMILES string of the molecule is C/C(=C\[C@H](C(C)C)N(C)C(=O)[C@@H](NC(=O)[C@@H](N(C)C(=O)OC(C)(C)C)C(C)(C)c1ccccc1)C(C)(C)C)C(=O)NS(=O)(=O)c1ccc(C2(CC(=O)[C@H](CCCNC(N)=O)NC(=O)[C@@H](CC(=O)CCCCCN3C(=O)C=CC3=O)C(C)C)CC2)cc1. The molecule has 2 aliphatic rings. The van der Waals surface area contributed by atoms with Crippen molar-refractivity contribution in [2.45, 2.75) is 200 Å². The van der Waals surface area contributed by atoms with Crippen molar-refractivity contribution in [3.05, 3.63) is 89.5 Å². The number of urea groups is 1. The molecule has 0 bridgehead atoms. The molecule has 86 heavy (non-hydrogen) atoms. The molecule has 2 aromatic rings. The number of Topliss-reactive ketones (excluding diaryl/α,β-unsaturated/α-hetero) is 2.